The van der Waals surface area contributed by atoms with E-state index in [1.54, 1.807) is 0 Å². The lowest BCUT2D eigenvalue weighted by atomic mass is 9.78. The number of hydrogen-bond donors (Lipinski definition) is 2. The van der Waals surface area contributed by atoms with E-state index >= 15 is 0 Å². The molecule has 2 aromatic rings. The van der Waals surface area contributed by atoms with Gasteiger partial charge in [-0.05, 0) is 17.4 Å². The number of rotatable bonds is 5. The molecule has 0 saturated carbocycles. The quantitative estimate of drug-likeness (QED) is 0.824. The summed E-state index contributed by atoms with van der Waals surface area (Å²) in [6.45, 7) is 5.52. The monoisotopic (exact) mass is 385 g/mol. The van der Waals surface area contributed by atoms with E-state index in [9.17, 15) is 14.4 Å². The normalized spacial score (nSPS) is 16.3. The molecule has 1 aromatic carbocycles. The van der Waals surface area contributed by atoms with Gasteiger partial charge in [-0.25, -0.2) is 4.98 Å². The van der Waals surface area contributed by atoms with Crippen LogP contribution in [0.5, 0.6) is 0 Å². The highest BCUT2D eigenvalue weighted by molar-refractivity contribution is 7.17. The number of carbonyl (C=O) groups is 3. The SMILES string of the molecule is CC(=O)NC(CC(=O)Nc1nc2c(s1)C(=O)CC(C)(C)C2)c1ccccc1. The van der Waals surface area contributed by atoms with Crippen LogP contribution in [0.3, 0.4) is 0 Å². The molecule has 2 N–H and O–H groups in total. The number of nitrogens with zero attached hydrogens (tertiary/aromatic N) is 1. The summed E-state index contributed by atoms with van der Waals surface area (Å²) in [5.41, 5.74) is 1.51. The zero-order chi connectivity index (χ0) is 19.6. The van der Waals surface area contributed by atoms with Crippen molar-refractivity contribution in [3.05, 3.63) is 46.5 Å². The summed E-state index contributed by atoms with van der Waals surface area (Å²) >= 11 is 1.23. The van der Waals surface area contributed by atoms with Crippen molar-refractivity contribution in [1.82, 2.24) is 10.3 Å². The van der Waals surface area contributed by atoms with Gasteiger partial charge in [0.1, 0.15) is 0 Å². The fourth-order valence-electron chi connectivity index (χ4n) is 3.31. The zero-order valence-electron chi connectivity index (χ0n) is 15.7. The molecule has 7 heteroatoms. The van der Waals surface area contributed by atoms with Crippen LogP contribution >= 0.6 is 11.3 Å². The summed E-state index contributed by atoms with van der Waals surface area (Å²) in [7, 11) is 0. The molecule has 0 saturated heterocycles. The first kappa shape index (κ1) is 19.2. The molecule has 1 atom stereocenters. The highest BCUT2D eigenvalue weighted by Gasteiger charge is 2.34. The Labute approximate surface area is 162 Å². The first-order valence-electron chi connectivity index (χ1n) is 8.88. The Morgan fingerprint density at radius 2 is 1.93 bits per heavy atom. The minimum atomic E-state index is -0.418. The fraction of sp³-hybridized carbons (Fsp3) is 0.400. The molecular formula is C20H23N3O3S. The van der Waals surface area contributed by atoms with Gasteiger partial charge in [0.25, 0.3) is 0 Å². The van der Waals surface area contributed by atoms with Crippen molar-refractivity contribution in [3.8, 4) is 0 Å². The molecule has 6 nitrogen and oxygen atoms in total. The van der Waals surface area contributed by atoms with Crippen LogP contribution in [0.4, 0.5) is 5.13 Å². The molecule has 142 valence electrons. The largest absolute Gasteiger partial charge is 0.349 e. The van der Waals surface area contributed by atoms with Crippen LogP contribution in [0, 0.1) is 5.41 Å². The third-order valence-corrected chi connectivity index (χ3v) is 5.51. The second-order valence-electron chi connectivity index (χ2n) is 7.65. The van der Waals surface area contributed by atoms with Crippen molar-refractivity contribution < 1.29 is 14.4 Å². The third kappa shape index (κ3) is 4.80. The van der Waals surface area contributed by atoms with Crippen molar-refractivity contribution in [2.45, 2.75) is 46.1 Å². The van der Waals surface area contributed by atoms with Gasteiger partial charge in [0.2, 0.25) is 11.8 Å². The lowest BCUT2D eigenvalue weighted by Gasteiger charge is -2.26. The molecule has 1 aliphatic rings. The zero-order valence-corrected chi connectivity index (χ0v) is 16.5. The van der Waals surface area contributed by atoms with E-state index in [1.165, 1.54) is 18.3 Å². The molecule has 1 unspecified atom stereocenters. The van der Waals surface area contributed by atoms with E-state index in [-0.39, 0.29) is 29.4 Å². The van der Waals surface area contributed by atoms with Gasteiger partial charge in [-0.1, -0.05) is 55.5 Å². The summed E-state index contributed by atoms with van der Waals surface area (Å²) in [6, 6.07) is 8.94. The minimum Gasteiger partial charge on any atom is -0.349 e. The van der Waals surface area contributed by atoms with Gasteiger partial charge in [-0.15, -0.1) is 0 Å². The summed E-state index contributed by atoms with van der Waals surface area (Å²) in [5, 5.41) is 6.03. The Balaban J connectivity index is 1.72. The van der Waals surface area contributed by atoms with E-state index in [4.69, 9.17) is 0 Å². The lowest BCUT2D eigenvalue weighted by Crippen LogP contribution is -2.29. The van der Waals surface area contributed by atoms with E-state index in [2.05, 4.69) is 15.6 Å². The van der Waals surface area contributed by atoms with E-state index in [0.29, 0.717) is 16.4 Å². The Bertz CT molecular complexity index is 874. The average molecular weight is 385 g/mol. The lowest BCUT2D eigenvalue weighted by molar-refractivity contribution is -0.120. The second-order valence-corrected chi connectivity index (χ2v) is 8.65. The van der Waals surface area contributed by atoms with Gasteiger partial charge in [0.15, 0.2) is 10.9 Å². The summed E-state index contributed by atoms with van der Waals surface area (Å²) in [6.07, 6.45) is 1.31. The van der Waals surface area contributed by atoms with Crippen LogP contribution in [0.15, 0.2) is 30.3 Å². The van der Waals surface area contributed by atoms with Gasteiger partial charge in [-0.2, -0.15) is 0 Å². The molecule has 2 amide bonds. The van der Waals surface area contributed by atoms with Crippen LogP contribution in [-0.4, -0.2) is 22.6 Å². The Kier molecular flexibility index (Phi) is 5.41. The van der Waals surface area contributed by atoms with Gasteiger partial charge in [0, 0.05) is 13.3 Å². The predicted molar refractivity (Wildman–Crippen MR) is 105 cm³/mol. The van der Waals surface area contributed by atoms with Gasteiger partial charge < -0.3 is 10.6 Å². The fourth-order valence-corrected chi connectivity index (χ4v) is 4.25. The van der Waals surface area contributed by atoms with Crippen molar-refractivity contribution in [3.63, 3.8) is 0 Å². The van der Waals surface area contributed by atoms with Crippen molar-refractivity contribution in [2.75, 3.05) is 5.32 Å². The van der Waals surface area contributed by atoms with Crippen LogP contribution < -0.4 is 10.6 Å². The number of Topliss-reactive ketones (excluding diaryl/α,β-unsaturated/α-hetero) is 1. The van der Waals surface area contributed by atoms with Crippen molar-refractivity contribution >= 4 is 34.1 Å². The minimum absolute atomic E-state index is 0.0830. The number of hydrogen-bond acceptors (Lipinski definition) is 5. The smallest absolute Gasteiger partial charge is 0.228 e. The van der Waals surface area contributed by atoms with E-state index in [1.807, 2.05) is 44.2 Å². The Hall–Kier alpha value is -2.54. The number of ketones is 1. The Morgan fingerprint density at radius 1 is 1.22 bits per heavy atom. The molecule has 27 heavy (non-hydrogen) atoms. The van der Waals surface area contributed by atoms with Crippen LogP contribution in [0.25, 0.3) is 0 Å². The van der Waals surface area contributed by atoms with Gasteiger partial charge in [0.05, 0.1) is 23.0 Å². The van der Waals surface area contributed by atoms with Crippen LogP contribution in [0.1, 0.15) is 60.6 Å². The molecular weight excluding hydrogens is 362 g/mol. The van der Waals surface area contributed by atoms with Crippen molar-refractivity contribution in [2.24, 2.45) is 5.41 Å². The number of thiazole rings is 1. The van der Waals surface area contributed by atoms with E-state index in [0.717, 1.165) is 17.7 Å². The molecule has 1 aliphatic carbocycles. The maximum absolute atomic E-state index is 12.5. The molecule has 0 aliphatic heterocycles. The molecule has 0 radical (unpaired) electrons. The molecule has 0 spiro atoms. The van der Waals surface area contributed by atoms with Gasteiger partial charge in [-0.3, -0.25) is 14.4 Å². The average Bonchev–Trinajstić information content (AvgIpc) is 2.95. The summed E-state index contributed by atoms with van der Waals surface area (Å²) in [4.78, 5) is 41.4. The maximum atomic E-state index is 12.5. The highest BCUT2D eigenvalue weighted by Crippen LogP contribution is 2.38. The van der Waals surface area contributed by atoms with Crippen LogP contribution in [-0.2, 0) is 16.0 Å². The number of benzene rings is 1. The number of anilines is 1. The second kappa shape index (κ2) is 7.60. The van der Waals surface area contributed by atoms with Crippen molar-refractivity contribution in [1.29, 1.82) is 0 Å². The first-order valence-corrected chi connectivity index (χ1v) is 9.70. The number of fused-ring (bicyclic) bond motifs is 1. The van der Waals surface area contributed by atoms with Crippen LogP contribution in [0.2, 0.25) is 0 Å². The molecule has 0 bridgehead atoms. The maximum Gasteiger partial charge on any atom is 0.228 e. The summed E-state index contributed by atoms with van der Waals surface area (Å²) in [5.74, 6) is -0.371. The third-order valence-electron chi connectivity index (χ3n) is 4.45. The predicted octanol–water partition coefficient (Wildman–Crippen LogP) is 3.50. The Morgan fingerprint density at radius 3 is 2.59 bits per heavy atom. The standard InChI is InChI=1S/C20H23N3O3S/c1-12(24)21-14(13-7-5-4-6-8-13)9-17(26)23-19-22-15-10-20(2,3)11-16(25)18(15)27-19/h4-8,14H,9-11H2,1-3H3,(H,21,24)(H,22,23,26). The summed E-state index contributed by atoms with van der Waals surface area (Å²) < 4.78 is 0. The van der Waals surface area contributed by atoms with E-state index < -0.39 is 6.04 Å². The number of carbonyl (C=O) groups excluding carboxylic acids is 3. The number of amides is 2. The molecule has 1 aromatic heterocycles. The molecule has 0 fully saturated rings. The topological polar surface area (TPSA) is 88.2 Å². The number of aromatic nitrogens is 1. The number of nitrogens with one attached hydrogen (secondary N) is 2. The molecule has 3 rings (SSSR count). The first-order chi connectivity index (χ1) is 12.7. The van der Waals surface area contributed by atoms with Gasteiger partial charge >= 0.3 is 0 Å². The molecule has 1 heterocycles. The highest BCUT2D eigenvalue weighted by atomic mass is 32.1.